The Balaban J connectivity index is 1.47. The molecule has 0 unspecified atom stereocenters. The second-order valence-electron chi connectivity index (χ2n) is 8.61. The fourth-order valence-electron chi connectivity index (χ4n) is 4.67. The number of hydrogen-bond donors (Lipinski definition) is 1. The number of anilines is 1. The minimum atomic E-state index is -0.958. The summed E-state index contributed by atoms with van der Waals surface area (Å²) in [7, 11) is 0. The number of rotatable bonds is 3. The van der Waals surface area contributed by atoms with Crippen LogP contribution in [0.15, 0.2) is 24.5 Å². The average Bonchev–Trinajstić information content (AvgIpc) is 3.38. The Labute approximate surface area is 184 Å². The topological polar surface area (TPSA) is 92.6 Å². The Morgan fingerprint density at radius 1 is 1.19 bits per heavy atom. The highest BCUT2D eigenvalue weighted by Gasteiger charge is 2.33. The van der Waals surface area contributed by atoms with E-state index in [1.165, 1.54) is 0 Å². The number of carbonyl (C=O) groups is 1. The predicted molar refractivity (Wildman–Crippen MR) is 114 cm³/mol. The summed E-state index contributed by atoms with van der Waals surface area (Å²) in [6.07, 6.45) is 6.15. The quantitative estimate of drug-likeness (QED) is 0.672. The molecule has 2 fully saturated rings. The lowest BCUT2D eigenvalue weighted by Crippen LogP contribution is -2.39. The van der Waals surface area contributed by atoms with Crippen LogP contribution in [0.4, 0.5) is 14.6 Å². The first kappa shape index (κ1) is 20.7. The van der Waals surface area contributed by atoms with Crippen LogP contribution in [0.25, 0.3) is 5.65 Å². The van der Waals surface area contributed by atoms with Gasteiger partial charge in [-0.15, -0.1) is 0 Å². The molecule has 0 spiro atoms. The highest BCUT2D eigenvalue weighted by Crippen LogP contribution is 2.32. The Kier molecular flexibility index (Phi) is 5.24. The van der Waals surface area contributed by atoms with Crippen molar-refractivity contribution in [1.29, 1.82) is 0 Å². The van der Waals surface area contributed by atoms with Gasteiger partial charge in [-0.3, -0.25) is 4.79 Å². The lowest BCUT2D eigenvalue weighted by atomic mass is 9.99. The lowest BCUT2D eigenvalue weighted by Gasteiger charge is -2.34. The minimum absolute atomic E-state index is 0.148. The molecular formula is C22H25F2N7O. The van der Waals surface area contributed by atoms with Crippen molar-refractivity contribution in [3.63, 3.8) is 0 Å². The zero-order chi connectivity index (χ0) is 22.4. The van der Waals surface area contributed by atoms with E-state index in [1.54, 1.807) is 9.42 Å². The van der Waals surface area contributed by atoms with Crippen LogP contribution >= 0.6 is 0 Å². The molecule has 2 saturated heterocycles. The number of nitrogens with two attached hydrogens (primary N) is 1. The summed E-state index contributed by atoms with van der Waals surface area (Å²) >= 11 is 0. The third-order valence-corrected chi connectivity index (χ3v) is 6.26. The summed E-state index contributed by atoms with van der Waals surface area (Å²) in [5.74, 6) is -1.43. The molecule has 2 N–H and O–H groups in total. The van der Waals surface area contributed by atoms with Crippen LogP contribution in [0.3, 0.4) is 0 Å². The summed E-state index contributed by atoms with van der Waals surface area (Å²) in [4.78, 5) is 25.4. The third-order valence-electron chi connectivity index (χ3n) is 6.26. The smallest absolute Gasteiger partial charge is 0.276 e. The van der Waals surface area contributed by atoms with Gasteiger partial charge in [0.05, 0.1) is 17.9 Å². The number of carbonyl (C=O) groups excluding carboxylic acids is 1. The average molecular weight is 441 g/mol. The van der Waals surface area contributed by atoms with Crippen LogP contribution in [0, 0.1) is 18.6 Å². The molecule has 10 heteroatoms. The molecule has 168 valence electrons. The largest absolute Gasteiger partial charge is 0.355 e. The third kappa shape index (κ3) is 3.68. The Hall–Kier alpha value is -3.14. The fourth-order valence-corrected chi connectivity index (χ4v) is 4.67. The Morgan fingerprint density at radius 2 is 2.03 bits per heavy atom. The Morgan fingerprint density at radius 3 is 2.78 bits per heavy atom. The maximum atomic E-state index is 14.2. The SMILES string of the molecule is Cc1cn2nc([C@@H]3CCCCN3C(=O)c3ncc(F)cc3F)cc2nc1N1CC[C@H](N)C1. The number of fused-ring (bicyclic) bond motifs is 1. The lowest BCUT2D eigenvalue weighted by molar-refractivity contribution is 0.0594. The summed E-state index contributed by atoms with van der Waals surface area (Å²) in [5, 5.41) is 4.69. The van der Waals surface area contributed by atoms with Crippen LogP contribution < -0.4 is 10.6 Å². The van der Waals surface area contributed by atoms with Gasteiger partial charge in [0.2, 0.25) is 0 Å². The molecule has 3 aromatic heterocycles. The van der Waals surface area contributed by atoms with Gasteiger partial charge in [0.1, 0.15) is 11.6 Å². The number of nitrogens with zero attached hydrogens (tertiary/aromatic N) is 6. The standard InChI is InChI=1S/C22H25F2N7O/c1-13-11-31-19(27-21(13)29-7-5-15(25)12-29)9-17(28-31)18-4-2-3-6-30(18)22(32)20-16(24)8-14(23)10-26-20/h8-11,15,18H,2-7,12,25H2,1H3/t15-,18-/m0/s1. The summed E-state index contributed by atoms with van der Waals surface area (Å²) < 4.78 is 29.2. The molecule has 2 aliphatic rings. The fraction of sp³-hybridized carbons (Fsp3) is 0.455. The molecule has 0 aliphatic carbocycles. The van der Waals surface area contributed by atoms with Crippen LogP contribution in [0.1, 0.15) is 53.5 Å². The van der Waals surface area contributed by atoms with Crippen molar-refractivity contribution >= 4 is 17.4 Å². The Bertz CT molecular complexity index is 1180. The van der Waals surface area contributed by atoms with Crippen molar-refractivity contribution in [3.8, 4) is 0 Å². The van der Waals surface area contributed by atoms with E-state index in [1.807, 2.05) is 19.2 Å². The molecule has 0 aromatic carbocycles. The van der Waals surface area contributed by atoms with E-state index >= 15 is 0 Å². The number of pyridine rings is 1. The van der Waals surface area contributed by atoms with Crippen LogP contribution in [0.2, 0.25) is 0 Å². The van der Waals surface area contributed by atoms with Crippen LogP contribution in [0.5, 0.6) is 0 Å². The van der Waals surface area contributed by atoms with Crippen molar-refractivity contribution in [2.45, 2.75) is 44.7 Å². The van der Waals surface area contributed by atoms with E-state index in [4.69, 9.17) is 10.7 Å². The molecule has 2 aliphatic heterocycles. The van der Waals surface area contributed by atoms with Crippen molar-refractivity contribution in [2.75, 3.05) is 24.5 Å². The van der Waals surface area contributed by atoms with Crippen molar-refractivity contribution < 1.29 is 13.6 Å². The zero-order valence-corrected chi connectivity index (χ0v) is 17.8. The number of likely N-dealkylation sites (tertiary alicyclic amines) is 1. The molecular weight excluding hydrogens is 416 g/mol. The summed E-state index contributed by atoms with van der Waals surface area (Å²) in [6.45, 7) is 4.09. The number of amides is 1. The molecule has 0 radical (unpaired) electrons. The van der Waals surface area contributed by atoms with E-state index in [0.29, 0.717) is 30.4 Å². The van der Waals surface area contributed by atoms with E-state index < -0.39 is 17.5 Å². The van der Waals surface area contributed by atoms with Gasteiger partial charge < -0.3 is 15.5 Å². The van der Waals surface area contributed by atoms with Crippen LogP contribution in [-0.2, 0) is 0 Å². The molecule has 5 rings (SSSR count). The van der Waals surface area contributed by atoms with E-state index in [0.717, 1.165) is 49.9 Å². The molecule has 2 atom stereocenters. The first-order valence-electron chi connectivity index (χ1n) is 10.9. The normalized spacial score (nSPS) is 21.5. The molecule has 1 amide bonds. The van der Waals surface area contributed by atoms with Gasteiger partial charge in [-0.1, -0.05) is 0 Å². The maximum absolute atomic E-state index is 14.2. The molecule has 0 bridgehead atoms. The number of halogens is 2. The number of aromatic nitrogens is 4. The van der Waals surface area contributed by atoms with E-state index in [9.17, 15) is 13.6 Å². The number of aryl methyl sites for hydroxylation is 1. The van der Waals surface area contributed by atoms with Gasteiger partial charge >= 0.3 is 0 Å². The van der Waals surface area contributed by atoms with Gasteiger partial charge in [0, 0.05) is 49.6 Å². The van der Waals surface area contributed by atoms with Gasteiger partial charge in [-0.2, -0.15) is 5.10 Å². The summed E-state index contributed by atoms with van der Waals surface area (Å²) in [5.41, 5.74) is 8.07. The van der Waals surface area contributed by atoms with Crippen molar-refractivity contribution in [2.24, 2.45) is 5.73 Å². The van der Waals surface area contributed by atoms with E-state index in [2.05, 4.69) is 15.0 Å². The van der Waals surface area contributed by atoms with Crippen molar-refractivity contribution in [1.82, 2.24) is 24.5 Å². The first-order valence-corrected chi connectivity index (χ1v) is 10.9. The molecule has 5 heterocycles. The van der Waals surface area contributed by atoms with Gasteiger partial charge in [0.15, 0.2) is 17.2 Å². The first-order chi connectivity index (χ1) is 15.4. The van der Waals surface area contributed by atoms with Crippen LogP contribution in [-0.4, -0.2) is 56.1 Å². The predicted octanol–water partition coefficient (Wildman–Crippen LogP) is 2.62. The van der Waals surface area contributed by atoms with Gasteiger partial charge in [0.25, 0.3) is 5.91 Å². The second kappa shape index (κ2) is 8.09. The van der Waals surface area contributed by atoms with Gasteiger partial charge in [-0.25, -0.2) is 23.3 Å². The molecule has 0 saturated carbocycles. The van der Waals surface area contributed by atoms with Gasteiger partial charge in [-0.05, 0) is 32.6 Å². The maximum Gasteiger partial charge on any atom is 0.276 e. The second-order valence-corrected chi connectivity index (χ2v) is 8.61. The zero-order valence-electron chi connectivity index (χ0n) is 17.8. The summed E-state index contributed by atoms with van der Waals surface area (Å²) in [6, 6.07) is 2.38. The van der Waals surface area contributed by atoms with Crippen molar-refractivity contribution in [3.05, 3.63) is 53.1 Å². The molecule has 32 heavy (non-hydrogen) atoms. The number of hydrogen-bond acceptors (Lipinski definition) is 6. The highest BCUT2D eigenvalue weighted by atomic mass is 19.1. The molecule has 8 nitrogen and oxygen atoms in total. The number of piperidine rings is 1. The van der Waals surface area contributed by atoms with E-state index in [-0.39, 0.29) is 17.8 Å². The highest BCUT2D eigenvalue weighted by molar-refractivity contribution is 5.93. The monoisotopic (exact) mass is 441 g/mol. The molecule has 3 aromatic rings. The minimum Gasteiger partial charge on any atom is -0.355 e.